The number of rotatable bonds is 8. The summed E-state index contributed by atoms with van der Waals surface area (Å²) < 4.78 is 30.4. The lowest BCUT2D eigenvalue weighted by atomic mass is 10.1. The van der Waals surface area contributed by atoms with Crippen LogP contribution in [0.2, 0.25) is 36.3 Å². The molecule has 0 saturated carbocycles. The minimum Gasteiger partial charge on any atom is -0.414 e. The van der Waals surface area contributed by atoms with Gasteiger partial charge in [-0.05, 0) is 48.4 Å². The average Bonchev–Trinajstić information content (AvgIpc) is 2.67. The summed E-state index contributed by atoms with van der Waals surface area (Å²) in [6.45, 7) is 22.3. The lowest BCUT2D eigenvalue weighted by Gasteiger charge is -2.40. The smallest absolute Gasteiger partial charge is 0.192 e. The third kappa shape index (κ3) is 7.81. The highest BCUT2D eigenvalue weighted by Crippen LogP contribution is 2.38. The van der Waals surface area contributed by atoms with Gasteiger partial charge in [0.25, 0.3) is 0 Å². The minimum absolute atomic E-state index is 0.0709. The van der Waals surface area contributed by atoms with Crippen molar-refractivity contribution in [1.29, 1.82) is 0 Å². The summed E-state index contributed by atoms with van der Waals surface area (Å²) in [7, 11) is -3.94. The Morgan fingerprint density at radius 3 is 1.30 bits per heavy atom. The van der Waals surface area contributed by atoms with Crippen LogP contribution in [-0.4, -0.2) is 77.1 Å². The normalized spacial score (nSPS) is 31.8. The van der Waals surface area contributed by atoms with E-state index < -0.39 is 53.6 Å². The van der Waals surface area contributed by atoms with Gasteiger partial charge in [-0.1, -0.05) is 53.7 Å². The fourth-order valence-corrected chi connectivity index (χ4v) is 4.86. The van der Waals surface area contributed by atoms with Crippen molar-refractivity contribution in [3.63, 3.8) is 0 Å². The van der Waals surface area contributed by atoms with E-state index in [-0.39, 0.29) is 10.1 Å². The zero-order valence-electron chi connectivity index (χ0n) is 22.1. The van der Waals surface area contributed by atoms with Crippen LogP contribution < -0.4 is 0 Å². The summed E-state index contributed by atoms with van der Waals surface area (Å²) in [5.41, 5.74) is 0. The van der Waals surface area contributed by atoms with Crippen LogP contribution in [0.1, 0.15) is 41.5 Å². The molecule has 7 nitrogen and oxygen atoms in total. The summed E-state index contributed by atoms with van der Waals surface area (Å²) in [6, 6.07) is 0. The van der Waals surface area contributed by atoms with E-state index in [0.717, 1.165) is 0 Å². The average molecular weight is 503 g/mol. The Bertz CT molecular complexity index is 636. The maximum absolute atomic E-state index is 10.4. The number of hydrogen-bond donors (Lipinski definition) is 2. The van der Waals surface area contributed by atoms with Gasteiger partial charge < -0.3 is 33.3 Å². The Hall–Kier alpha value is -0.366. The molecule has 0 aromatic rings. The summed E-state index contributed by atoms with van der Waals surface area (Å²) in [6.07, 6.45) is 2.76. The van der Waals surface area contributed by atoms with Gasteiger partial charge >= 0.3 is 0 Å². The first kappa shape index (κ1) is 28.9. The molecule has 0 amide bonds. The lowest BCUT2D eigenvalue weighted by molar-refractivity contribution is -0.260. The van der Waals surface area contributed by atoms with Crippen LogP contribution in [0.3, 0.4) is 0 Å². The Kier molecular flexibility index (Phi) is 9.37. The van der Waals surface area contributed by atoms with Crippen LogP contribution in [0.25, 0.3) is 0 Å². The molecule has 0 aromatic carbocycles. The summed E-state index contributed by atoms with van der Waals surface area (Å²) in [5, 5.41) is 20.9. The van der Waals surface area contributed by atoms with E-state index in [4.69, 9.17) is 23.1 Å². The molecule has 2 heterocycles. The highest BCUT2D eigenvalue weighted by molar-refractivity contribution is 6.74. The first-order valence-corrected chi connectivity index (χ1v) is 17.7. The van der Waals surface area contributed by atoms with E-state index in [1.165, 1.54) is 0 Å². The minimum atomic E-state index is -1.97. The lowest BCUT2D eigenvalue weighted by Crippen LogP contribution is -2.48. The van der Waals surface area contributed by atoms with Crippen LogP contribution in [0.4, 0.5) is 0 Å². The summed E-state index contributed by atoms with van der Waals surface area (Å²) in [5.74, 6) is 0. The molecular formula is C24H46O7Si2. The van der Waals surface area contributed by atoms with Gasteiger partial charge in [-0.2, -0.15) is 0 Å². The van der Waals surface area contributed by atoms with Crippen molar-refractivity contribution in [1.82, 2.24) is 0 Å². The van der Waals surface area contributed by atoms with Crippen molar-refractivity contribution in [2.45, 2.75) is 115 Å². The number of aliphatic hydroxyl groups excluding tert-OH is 2. The Morgan fingerprint density at radius 2 is 1.00 bits per heavy atom. The Morgan fingerprint density at radius 1 is 0.667 bits per heavy atom. The molecule has 0 unspecified atom stereocenters. The Labute approximate surface area is 202 Å². The number of hydrogen-bond acceptors (Lipinski definition) is 7. The van der Waals surface area contributed by atoms with E-state index in [9.17, 15) is 10.2 Å². The van der Waals surface area contributed by atoms with Gasteiger partial charge in [0.2, 0.25) is 0 Å². The van der Waals surface area contributed by atoms with E-state index in [1.54, 1.807) is 24.3 Å². The van der Waals surface area contributed by atoms with Crippen LogP contribution in [-0.2, 0) is 23.1 Å². The maximum atomic E-state index is 10.4. The molecule has 0 spiro atoms. The molecule has 0 saturated heterocycles. The predicted octanol–water partition coefficient (Wildman–Crippen LogP) is 4.33. The van der Waals surface area contributed by atoms with E-state index in [0.29, 0.717) is 13.2 Å². The van der Waals surface area contributed by atoms with Gasteiger partial charge in [-0.15, -0.1) is 0 Å². The zero-order valence-corrected chi connectivity index (χ0v) is 24.1. The second-order valence-corrected chi connectivity index (χ2v) is 21.7. The highest BCUT2D eigenvalue weighted by Gasteiger charge is 2.40. The number of aliphatic hydroxyl groups is 2. The SMILES string of the molecule is CC(C)(C)[Si](C)(C)OC[C@@H]1O[C@@H](O[C@H]2C=C[C@@H](O)[C@H](CO[Si](C)(C)C(C)(C)C)O2)C=C[C@H]1O. The molecule has 0 radical (unpaired) electrons. The van der Waals surface area contributed by atoms with Gasteiger partial charge in [0.1, 0.15) is 24.4 Å². The van der Waals surface area contributed by atoms with Crippen LogP contribution in [0, 0.1) is 0 Å². The Balaban J connectivity index is 1.93. The van der Waals surface area contributed by atoms with Crippen LogP contribution in [0.5, 0.6) is 0 Å². The molecule has 2 rings (SSSR count). The van der Waals surface area contributed by atoms with Crippen molar-refractivity contribution in [3.8, 4) is 0 Å². The largest absolute Gasteiger partial charge is 0.414 e. The third-order valence-corrected chi connectivity index (χ3v) is 16.4. The molecule has 2 N–H and O–H groups in total. The van der Waals surface area contributed by atoms with E-state index in [2.05, 4.69) is 67.7 Å². The van der Waals surface area contributed by atoms with Crippen LogP contribution in [0.15, 0.2) is 24.3 Å². The quantitative estimate of drug-likeness (QED) is 0.377. The third-order valence-electron chi connectivity index (χ3n) is 7.41. The molecule has 0 aromatic heterocycles. The first-order chi connectivity index (χ1) is 14.9. The van der Waals surface area contributed by atoms with Gasteiger partial charge in [-0.3, -0.25) is 0 Å². The molecular weight excluding hydrogens is 456 g/mol. The van der Waals surface area contributed by atoms with Crippen molar-refractivity contribution >= 4 is 16.6 Å². The van der Waals surface area contributed by atoms with E-state index >= 15 is 0 Å². The van der Waals surface area contributed by atoms with Gasteiger partial charge in [-0.25, -0.2) is 0 Å². The van der Waals surface area contributed by atoms with Crippen molar-refractivity contribution in [3.05, 3.63) is 24.3 Å². The predicted molar refractivity (Wildman–Crippen MR) is 135 cm³/mol. The van der Waals surface area contributed by atoms with Gasteiger partial charge in [0.15, 0.2) is 29.2 Å². The second kappa shape index (κ2) is 10.7. The summed E-state index contributed by atoms with van der Waals surface area (Å²) >= 11 is 0. The molecule has 0 fully saturated rings. The molecule has 0 bridgehead atoms. The van der Waals surface area contributed by atoms with E-state index in [1.807, 2.05) is 0 Å². The van der Waals surface area contributed by atoms with Crippen molar-refractivity contribution < 1.29 is 33.3 Å². The first-order valence-electron chi connectivity index (χ1n) is 11.9. The molecule has 2 aliphatic rings. The van der Waals surface area contributed by atoms with Crippen molar-refractivity contribution in [2.75, 3.05) is 13.2 Å². The highest BCUT2D eigenvalue weighted by atomic mass is 28.4. The van der Waals surface area contributed by atoms with Gasteiger partial charge in [0.05, 0.1) is 13.2 Å². The van der Waals surface area contributed by atoms with Crippen molar-refractivity contribution in [2.24, 2.45) is 0 Å². The second-order valence-electron chi connectivity index (χ2n) is 12.1. The summed E-state index contributed by atoms with van der Waals surface area (Å²) in [4.78, 5) is 0. The molecule has 33 heavy (non-hydrogen) atoms. The van der Waals surface area contributed by atoms with Crippen LogP contribution >= 0.6 is 0 Å². The molecule has 192 valence electrons. The topological polar surface area (TPSA) is 86.6 Å². The van der Waals surface area contributed by atoms with Gasteiger partial charge in [0, 0.05) is 0 Å². The molecule has 0 aliphatic carbocycles. The standard InChI is InChI=1S/C24H46O7Si2/c1-23(2,3)32(7,8)27-15-19-17(25)11-13-21(29-19)31-22-14-12-18(26)20(30-22)16-28-33(9,10)24(4,5)6/h11-14,17-22,25-26H,15-16H2,1-10H3/t17-,18-,19+,20+,21+,22+/m1/s1. The zero-order chi connectivity index (χ0) is 25.2. The monoisotopic (exact) mass is 502 g/mol. The molecule has 2 aliphatic heterocycles. The fourth-order valence-electron chi connectivity index (χ4n) is 2.83. The fraction of sp³-hybridized carbons (Fsp3) is 0.833. The number of ether oxygens (including phenoxy) is 3. The molecule has 6 atom stereocenters. The molecule has 9 heteroatoms. The maximum Gasteiger partial charge on any atom is 0.192 e.